The number of halogens is 9. The molecule has 0 fully saturated rings. The first kappa shape index (κ1) is 25.0. The minimum Gasteiger partial charge on any atom is -0.387 e. The van der Waals surface area contributed by atoms with Crippen LogP contribution in [0.25, 0.3) is 0 Å². The minimum atomic E-state index is -7.39. The van der Waals surface area contributed by atoms with Crippen LogP contribution < -0.4 is 0 Å². The lowest BCUT2D eigenvalue weighted by molar-refractivity contribution is -0.382. The molecule has 0 heterocycles. The van der Waals surface area contributed by atoms with E-state index in [-0.39, 0.29) is 5.56 Å². The van der Waals surface area contributed by atoms with Crippen LogP contribution >= 0.6 is 0 Å². The van der Waals surface area contributed by atoms with Gasteiger partial charge in [0.1, 0.15) is 11.4 Å². The van der Waals surface area contributed by atoms with E-state index < -0.39 is 50.0 Å². The molecule has 0 radical (unpaired) electrons. The molecule has 0 unspecified atom stereocenters. The van der Waals surface area contributed by atoms with Crippen molar-refractivity contribution in [2.75, 3.05) is 0 Å². The summed E-state index contributed by atoms with van der Waals surface area (Å²) in [5.41, 5.74) is -1.12. The molecule has 172 valence electrons. The van der Waals surface area contributed by atoms with Crippen molar-refractivity contribution in [1.29, 1.82) is 0 Å². The fourth-order valence-corrected chi connectivity index (χ4v) is 4.51. The zero-order chi connectivity index (χ0) is 23.9. The molecule has 13 heteroatoms. The molecule has 2 atom stereocenters. The Morgan fingerprint density at radius 2 is 1.03 bits per heavy atom. The Hall–Kier alpha value is -2.28. The van der Waals surface area contributed by atoms with Crippen LogP contribution in [0.15, 0.2) is 60.7 Å². The van der Waals surface area contributed by atoms with Crippen LogP contribution in [0.4, 0.5) is 39.5 Å². The second-order valence-electron chi connectivity index (χ2n) is 6.40. The number of aliphatic hydroxyl groups excluding tert-OH is 1. The van der Waals surface area contributed by atoms with Gasteiger partial charge in [-0.05, 0) is 11.1 Å². The molecule has 2 aromatic carbocycles. The smallest absolute Gasteiger partial charge is 0.387 e. The maximum atomic E-state index is 14.4. The standard InChI is InChI=1S/C18H13F9O3S/c19-15(20,17(23,24)25)16(21,22)18(26,27)31(29,30)14(12-9-5-2-6-10-12)13(28)11-7-3-1-4-8-11/h1-10,13-14,28H/t13-,14-/m1/s1. The monoisotopic (exact) mass is 480 g/mol. The zero-order valence-electron chi connectivity index (χ0n) is 15.0. The molecule has 0 aliphatic heterocycles. The fourth-order valence-electron chi connectivity index (χ4n) is 2.70. The van der Waals surface area contributed by atoms with Crippen molar-refractivity contribution in [3.8, 4) is 0 Å². The topological polar surface area (TPSA) is 54.4 Å². The summed E-state index contributed by atoms with van der Waals surface area (Å²) in [5.74, 6) is -14.8. The summed E-state index contributed by atoms with van der Waals surface area (Å²) in [5, 5.41) is 0.474. The molecule has 0 saturated carbocycles. The summed E-state index contributed by atoms with van der Waals surface area (Å²) >= 11 is 0. The van der Waals surface area contributed by atoms with Gasteiger partial charge in [0.05, 0.1) is 0 Å². The number of aliphatic hydroxyl groups is 1. The Bertz CT molecular complexity index is 991. The number of benzene rings is 2. The fraction of sp³-hybridized carbons (Fsp3) is 0.333. The van der Waals surface area contributed by atoms with E-state index in [1.165, 1.54) is 24.3 Å². The van der Waals surface area contributed by atoms with Gasteiger partial charge in [0.15, 0.2) is 0 Å². The molecule has 31 heavy (non-hydrogen) atoms. The lowest BCUT2D eigenvalue weighted by Crippen LogP contribution is -2.63. The van der Waals surface area contributed by atoms with Crippen LogP contribution in [-0.4, -0.2) is 36.8 Å². The molecule has 0 spiro atoms. The molecule has 1 N–H and O–H groups in total. The Morgan fingerprint density at radius 3 is 1.42 bits per heavy atom. The zero-order valence-corrected chi connectivity index (χ0v) is 15.8. The van der Waals surface area contributed by atoms with Crippen molar-refractivity contribution in [2.24, 2.45) is 0 Å². The largest absolute Gasteiger partial charge is 0.460 e. The van der Waals surface area contributed by atoms with Gasteiger partial charge in [-0.25, -0.2) is 8.42 Å². The Kier molecular flexibility index (Phi) is 6.45. The van der Waals surface area contributed by atoms with E-state index in [1.54, 1.807) is 0 Å². The van der Waals surface area contributed by atoms with E-state index in [2.05, 4.69) is 0 Å². The number of hydrogen-bond acceptors (Lipinski definition) is 3. The number of sulfone groups is 1. The van der Waals surface area contributed by atoms with Gasteiger partial charge in [-0.3, -0.25) is 0 Å². The van der Waals surface area contributed by atoms with Gasteiger partial charge in [-0.15, -0.1) is 0 Å². The van der Waals surface area contributed by atoms with Gasteiger partial charge in [0.2, 0.25) is 9.84 Å². The van der Waals surface area contributed by atoms with E-state index in [0.717, 1.165) is 36.4 Å². The van der Waals surface area contributed by atoms with Crippen molar-refractivity contribution in [3.05, 3.63) is 71.8 Å². The highest BCUT2D eigenvalue weighted by Crippen LogP contribution is 2.57. The third-order valence-electron chi connectivity index (χ3n) is 4.36. The van der Waals surface area contributed by atoms with Gasteiger partial charge in [0.25, 0.3) is 0 Å². The van der Waals surface area contributed by atoms with Crippen molar-refractivity contribution < 1.29 is 53.0 Å². The summed E-state index contributed by atoms with van der Waals surface area (Å²) in [7, 11) is -6.92. The molecule has 3 nitrogen and oxygen atoms in total. The minimum absolute atomic E-state index is 0.387. The van der Waals surface area contributed by atoms with Gasteiger partial charge >= 0.3 is 23.3 Å². The molecular formula is C18H13F9O3S. The summed E-state index contributed by atoms with van der Waals surface area (Å²) < 4.78 is 145. The first-order chi connectivity index (χ1) is 14.0. The predicted octanol–water partition coefficient (Wildman–Crippen LogP) is 5.30. The van der Waals surface area contributed by atoms with Crippen molar-refractivity contribution in [3.63, 3.8) is 0 Å². The third kappa shape index (κ3) is 4.00. The van der Waals surface area contributed by atoms with Gasteiger partial charge in [-0.2, -0.15) is 39.5 Å². The Labute approximate surface area is 170 Å². The second kappa shape index (κ2) is 8.01. The van der Waals surface area contributed by atoms with Crippen LogP contribution in [0, 0.1) is 0 Å². The molecule has 0 bridgehead atoms. The van der Waals surface area contributed by atoms with Gasteiger partial charge < -0.3 is 5.11 Å². The van der Waals surface area contributed by atoms with E-state index in [4.69, 9.17) is 0 Å². The molecule has 2 aromatic rings. The highest BCUT2D eigenvalue weighted by atomic mass is 32.2. The Morgan fingerprint density at radius 1 is 0.645 bits per heavy atom. The lowest BCUT2D eigenvalue weighted by Gasteiger charge is -2.36. The molecule has 0 aliphatic carbocycles. The van der Waals surface area contributed by atoms with E-state index in [0.29, 0.717) is 0 Å². The average Bonchev–Trinajstić information content (AvgIpc) is 2.68. The van der Waals surface area contributed by atoms with Crippen LogP contribution in [0.3, 0.4) is 0 Å². The van der Waals surface area contributed by atoms with Crippen LogP contribution in [0.1, 0.15) is 22.5 Å². The van der Waals surface area contributed by atoms with Crippen LogP contribution in [0.5, 0.6) is 0 Å². The number of rotatable bonds is 7. The normalized spacial score (nSPS) is 16.1. The quantitative estimate of drug-likeness (QED) is 0.548. The maximum Gasteiger partial charge on any atom is 0.460 e. The summed E-state index contributed by atoms with van der Waals surface area (Å²) in [6.07, 6.45) is -9.69. The molecular weight excluding hydrogens is 467 g/mol. The number of alkyl halides is 9. The second-order valence-corrected chi connectivity index (χ2v) is 8.51. The van der Waals surface area contributed by atoms with Crippen molar-refractivity contribution in [1.82, 2.24) is 0 Å². The highest BCUT2D eigenvalue weighted by Gasteiger charge is 2.85. The van der Waals surface area contributed by atoms with Gasteiger partial charge in [-0.1, -0.05) is 60.7 Å². The third-order valence-corrected chi connectivity index (χ3v) is 6.53. The predicted molar refractivity (Wildman–Crippen MR) is 90.4 cm³/mol. The first-order valence-corrected chi connectivity index (χ1v) is 9.76. The SMILES string of the molecule is O=S(=O)([C@H](c1ccccc1)[C@H](O)c1ccccc1)C(F)(F)C(F)(F)C(F)(F)C(F)(F)F. The van der Waals surface area contributed by atoms with E-state index in [1.807, 2.05) is 0 Å². The van der Waals surface area contributed by atoms with E-state index >= 15 is 0 Å². The highest BCUT2D eigenvalue weighted by molar-refractivity contribution is 7.92. The van der Waals surface area contributed by atoms with Gasteiger partial charge in [0, 0.05) is 0 Å². The Balaban J connectivity index is 2.73. The number of hydrogen-bond donors (Lipinski definition) is 1. The molecule has 0 aromatic heterocycles. The lowest BCUT2D eigenvalue weighted by atomic mass is 10.0. The van der Waals surface area contributed by atoms with Crippen LogP contribution in [0.2, 0.25) is 0 Å². The van der Waals surface area contributed by atoms with E-state index in [9.17, 15) is 53.0 Å². The average molecular weight is 480 g/mol. The summed E-state index contributed by atoms with van der Waals surface area (Å²) in [4.78, 5) is 0. The molecule has 0 amide bonds. The molecule has 0 saturated heterocycles. The van der Waals surface area contributed by atoms with Crippen molar-refractivity contribution in [2.45, 2.75) is 34.6 Å². The maximum absolute atomic E-state index is 14.4. The summed E-state index contributed by atoms with van der Waals surface area (Å²) in [6, 6.07) is 10.9. The van der Waals surface area contributed by atoms with Crippen LogP contribution in [-0.2, 0) is 9.84 Å². The summed E-state index contributed by atoms with van der Waals surface area (Å²) in [6.45, 7) is 0. The molecule has 2 rings (SSSR count). The first-order valence-electron chi connectivity index (χ1n) is 8.21. The molecule has 0 aliphatic rings. The van der Waals surface area contributed by atoms with Crippen molar-refractivity contribution >= 4 is 9.84 Å².